The van der Waals surface area contributed by atoms with E-state index >= 15 is 0 Å². The van der Waals surface area contributed by atoms with E-state index in [4.69, 9.17) is 4.74 Å². The van der Waals surface area contributed by atoms with Gasteiger partial charge in [0.1, 0.15) is 18.0 Å². The zero-order valence-electron chi connectivity index (χ0n) is 11.9. The Hall–Kier alpha value is -1.54. The number of ether oxygens (including phenoxy) is 1. The van der Waals surface area contributed by atoms with E-state index in [1.165, 1.54) is 10.9 Å². The summed E-state index contributed by atoms with van der Waals surface area (Å²) in [6, 6.07) is 8.37. The Bertz CT molecular complexity index is 658. The molecule has 2 aromatic carbocycles. The number of hydrogen-bond acceptors (Lipinski definition) is 2. The minimum absolute atomic E-state index is 0.118. The van der Waals surface area contributed by atoms with Crippen molar-refractivity contribution in [2.45, 2.75) is 33.3 Å². The molecule has 1 atom stereocenters. The zero-order valence-corrected chi connectivity index (χ0v) is 11.9. The molecule has 1 aliphatic rings. The topological polar surface area (TPSA) is 29.5 Å². The molecule has 1 unspecified atom stereocenters. The molecule has 1 N–H and O–H groups in total. The van der Waals surface area contributed by atoms with E-state index in [0.29, 0.717) is 6.61 Å². The molecule has 2 nitrogen and oxygen atoms in total. The van der Waals surface area contributed by atoms with Gasteiger partial charge in [0.15, 0.2) is 0 Å². The first-order chi connectivity index (χ1) is 8.95. The lowest BCUT2D eigenvalue weighted by Crippen LogP contribution is -2.41. The molecule has 0 amide bonds. The van der Waals surface area contributed by atoms with Crippen LogP contribution in [0.15, 0.2) is 24.3 Å². The maximum Gasteiger partial charge on any atom is 0.130 e. The van der Waals surface area contributed by atoms with Gasteiger partial charge in [-0.15, -0.1) is 0 Å². The first kappa shape index (κ1) is 12.5. The van der Waals surface area contributed by atoms with Gasteiger partial charge in [-0.2, -0.15) is 0 Å². The van der Waals surface area contributed by atoms with Crippen molar-refractivity contribution in [3.63, 3.8) is 0 Å². The molecule has 0 saturated heterocycles. The van der Waals surface area contributed by atoms with E-state index in [1.807, 2.05) is 13.8 Å². The highest BCUT2D eigenvalue weighted by Crippen LogP contribution is 2.45. The summed E-state index contributed by atoms with van der Waals surface area (Å²) in [5, 5.41) is 13.2. The Morgan fingerprint density at radius 2 is 1.79 bits per heavy atom. The normalized spacial score (nSPS) is 21.8. The number of rotatable bonds is 1. The fraction of sp³-hybridized carbons (Fsp3) is 0.412. The molecule has 2 heteroatoms. The molecule has 0 saturated carbocycles. The van der Waals surface area contributed by atoms with Crippen molar-refractivity contribution >= 4 is 10.8 Å². The van der Waals surface area contributed by atoms with Crippen molar-refractivity contribution in [1.29, 1.82) is 0 Å². The largest absolute Gasteiger partial charge is 0.489 e. The number of hydrogen-bond donors (Lipinski definition) is 1. The van der Waals surface area contributed by atoms with Gasteiger partial charge in [-0.3, -0.25) is 0 Å². The summed E-state index contributed by atoms with van der Waals surface area (Å²) in [5.74, 6) is 1.05. The van der Waals surface area contributed by atoms with Crippen LogP contribution in [-0.2, 0) is 5.60 Å². The monoisotopic (exact) mass is 256 g/mol. The molecule has 2 aromatic rings. The summed E-state index contributed by atoms with van der Waals surface area (Å²) in [6.07, 6.45) is 0. The second kappa shape index (κ2) is 3.97. The SMILES string of the molecule is Cc1ccc2c(C)ccc3c2c1OCC3(O)C(C)C. The van der Waals surface area contributed by atoms with E-state index in [9.17, 15) is 5.11 Å². The highest BCUT2D eigenvalue weighted by molar-refractivity contribution is 5.96. The first-order valence-corrected chi connectivity index (χ1v) is 6.83. The van der Waals surface area contributed by atoms with Crippen molar-refractivity contribution in [3.05, 3.63) is 41.0 Å². The number of aryl methyl sites for hydroxylation is 2. The highest BCUT2D eigenvalue weighted by Gasteiger charge is 2.39. The van der Waals surface area contributed by atoms with Crippen molar-refractivity contribution < 1.29 is 9.84 Å². The summed E-state index contributed by atoms with van der Waals surface area (Å²) in [7, 11) is 0. The van der Waals surface area contributed by atoms with Crippen LogP contribution >= 0.6 is 0 Å². The van der Waals surface area contributed by atoms with E-state index in [2.05, 4.69) is 38.1 Å². The molecule has 3 rings (SSSR count). The predicted octanol–water partition coefficient (Wildman–Crippen LogP) is 3.69. The maximum atomic E-state index is 11.0. The summed E-state index contributed by atoms with van der Waals surface area (Å²) in [4.78, 5) is 0. The average Bonchev–Trinajstić information content (AvgIpc) is 2.37. The van der Waals surface area contributed by atoms with Gasteiger partial charge in [0.25, 0.3) is 0 Å². The van der Waals surface area contributed by atoms with Crippen molar-refractivity contribution in [1.82, 2.24) is 0 Å². The Labute approximate surface area is 114 Å². The highest BCUT2D eigenvalue weighted by atomic mass is 16.5. The molecule has 0 aliphatic carbocycles. The summed E-state index contributed by atoms with van der Waals surface area (Å²) < 4.78 is 5.91. The second-order valence-corrected chi connectivity index (χ2v) is 5.93. The molecule has 19 heavy (non-hydrogen) atoms. The van der Waals surface area contributed by atoms with Gasteiger partial charge in [-0.1, -0.05) is 38.1 Å². The van der Waals surface area contributed by atoms with E-state index < -0.39 is 5.60 Å². The zero-order chi connectivity index (χ0) is 13.8. The minimum atomic E-state index is -0.896. The van der Waals surface area contributed by atoms with Crippen LogP contribution in [0.3, 0.4) is 0 Å². The molecule has 1 aliphatic heterocycles. The van der Waals surface area contributed by atoms with Crippen LogP contribution in [0.1, 0.15) is 30.5 Å². The van der Waals surface area contributed by atoms with E-state index in [1.54, 1.807) is 0 Å². The smallest absolute Gasteiger partial charge is 0.130 e. The summed E-state index contributed by atoms with van der Waals surface area (Å²) >= 11 is 0. The van der Waals surface area contributed by atoms with Gasteiger partial charge in [0.2, 0.25) is 0 Å². The van der Waals surface area contributed by atoms with Crippen LogP contribution in [0.4, 0.5) is 0 Å². The Morgan fingerprint density at radius 3 is 2.47 bits per heavy atom. The van der Waals surface area contributed by atoms with E-state index in [-0.39, 0.29) is 5.92 Å². The number of aliphatic hydroxyl groups is 1. The second-order valence-electron chi connectivity index (χ2n) is 5.93. The fourth-order valence-electron chi connectivity index (χ4n) is 2.95. The first-order valence-electron chi connectivity index (χ1n) is 6.83. The van der Waals surface area contributed by atoms with Gasteiger partial charge < -0.3 is 9.84 Å². The van der Waals surface area contributed by atoms with Gasteiger partial charge in [0, 0.05) is 5.39 Å². The number of benzene rings is 2. The average molecular weight is 256 g/mol. The van der Waals surface area contributed by atoms with E-state index in [0.717, 1.165) is 22.3 Å². The molecule has 0 radical (unpaired) electrons. The molecule has 1 heterocycles. The Morgan fingerprint density at radius 1 is 1.11 bits per heavy atom. The van der Waals surface area contributed by atoms with Crippen molar-refractivity contribution in [2.75, 3.05) is 6.61 Å². The van der Waals surface area contributed by atoms with Gasteiger partial charge in [-0.05, 0) is 41.8 Å². The quantitative estimate of drug-likeness (QED) is 0.843. The van der Waals surface area contributed by atoms with Gasteiger partial charge in [-0.25, -0.2) is 0 Å². The third-order valence-electron chi connectivity index (χ3n) is 4.41. The van der Waals surface area contributed by atoms with Crippen molar-refractivity contribution in [3.8, 4) is 5.75 Å². The fourth-order valence-corrected chi connectivity index (χ4v) is 2.95. The molecule has 0 aromatic heterocycles. The minimum Gasteiger partial charge on any atom is -0.489 e. The van der Waals surface area contributed by atoms with Gasteiger partial charge in [0.05, 0.1) is 0 Å². The van der Waals surface area contributed by atoms with Gasteiger partial charge >= 0.3 is 0 Å². The lowest BCUT2D eigenvalue weighted by atomic mass is 9.79. The molecular weight excluding hydrogens is 236 g/mol. The molecule has 0 fully saturated rings. The van der Waals surface area contributed by atoms with Crippen LogP contribution < -0.4 is 4.74 Å². The van der Waals surface area contributed by atoms with Crippen molar-refractivity contribution in [2.24, 2.45) is 5.92 Å². The lowest BCUT2D eigenvalue weighted by molar-refractivity contribution is -0.0519. The molecule has 100 valence electrons. The lowest BCUT2D eigenvalue weighted by Gasteiger charge is -2.38. The maximum absolute atomic E-state index is 11.0. The van der Waals surface area contributed by atoms with Crippen LogP contribution in [0.25, 0.3) is 10.8 Å². The Kier molecular flexibility index (Phi) is 2.61. The van der Waals surface area contributed by atoms with Crippen LogP contribution in [0.2, 0.25) is 0 Å². The third kappa shape index (κ3) is 1.59. The molecule has 0 spiro atoms. The summed E-state index contributed by atoms with van der Waals surface area (Å²) in [5.41, 5.74) is 2.46. The van der Waals surface area contributed by atoms with Crippen LogP contribution in [0, 0.1) is 19.8 Å². The molecule has 0 bridgehead atoms. The molecular formula is C17H20O2. The van der Waals surface area contributed by atoms with Crippen LogP contribution in [0.5, 0.6) is 5.75 Å². The third-order valence-corrected chi connectivity index (χ3v) is 4.41. The van der Waals surface area contributed by atoms with Crippen LogP contribution in [-0.4, -0.2) is 11.7 Å². The predicted molar refractivity (Wildman–Crippen MR) is 77.7 cm³/mol. The summed E-state index contributed by atoms with van der Waals surface area (Å²) in [6.45, 7) is 8.56. The standard InChI is InChI=1S/C17H20O2/c1-10(2)17(18)9-19-16-12(4)5-7-13-11(3)6-8-14(17)15(13)16/h5-8,10,18H,9H2,1-4H3. The Balaban J connectivity index is 2.44.